The van der Waals surface area contributed by atoms with Gasteiger partial charge in [0.2, 0.25) is 5.91 Å². The van der Waals surface area contributed by atoms with Crippen molar-refractivity contribution < 1.29 is 28.8 Å². The van der Waals surface area contributed by atoms with Crippen LogP contribution in [-0.2, 0) is 23.9 Å². The van der Waals surface area contributed by atoms with Gasteiger partial charge in [-0.25, -0.2) is 4.79 Å². The van der Waals surface area contributed by atoms with E-state index in [1.54, 1.807) is 0 Å². The van der Waals surface area contributed by atoms with Gasteiger partial charge >= 0.3 is 11.9 Å². The van der Waals surface area contributed by atoms with Crippen LogP contribution in [0, 0.1) is 33.3 Å². The molecule has 1 N–H and O–H groups in total. The van der Waals surface area contributed by atoms with Crippen molar-refractivity contribution in [2.75, 3.05) is 14.2 Å². The molecule has 1 aromatic rings. The van der Waals surface area contributed by atoms with E-state index in [9.17, 15) is 24.5 Å². The van der Waals surface area contributed by atoms with Crippen LogP contribution in [0.25, 0.3) is 0 Å². The zero-order valence-corrected chi connectivity index (χ0v) is 19.0. The molecule has 4 aliphatic carbocycles. The number of amides is 1. The van der Waals surface area contributed by atoms with Gasteiger partial charge in [-0.1, -0.05) is 12.1 Å². The number of carbonyl (C=O) groups excluding carboxylic acids is 3. The van der Waals surface area contributed by atoms with E-state index in [1.807, 2.05) is 0 Å². The summed E-state index contributed by atoms with van der Waals surface area (Å²) in [6.45, 7) is 0. The predicted octanol–water partition coefficient (Wildman–Crippen LogP) is 3.12. The van der Waals surface area contributed by atoms with E-state index in [2.05, 4.69) is 5.32 Å². The van der Waals surface area contributed by atoms with Crippen molar-refractivity contribution in [3.05, 3.63) is 39.9 Å². The molecule has 0 aromatic heterocycles. The molecule has 4 saturated carbocycles. The summed E-state index contributed by atoms with van der Waals surface area (Å²) in [6, 6.07) is 4.51. The topological polar surface area (TPSA) is 125 Å². The van der Waals surface area contributed by atoms with Gasteiger partial charge in [0.25, 0.3) is 5.69 Å². The minimum atomic E-state index is -1.11. The quantitative estimate of drug-likeness (QED) is 0.360. The first-order valence-electron chi connectivity index (χ1n) is 11.4. The molecule has 33 heavy (non-hydrogen) atoms. The third-order valence-corrected chi connectivity index (χ3v) is 7.81. The third-order valence-electron chi connectivity index (χ3n) is 7.81. The lowest BCUT2D eigenvalue weighted by atomic mass is 9.49. The number of rotatable bonds is 8. The maximum atomic E-state index is 13.6. The van der Waals surface area contributed by atoms with E-state index in [4.69, 9.17) is 9.47 Å². The molecular weight excluding hydrogens is 428 g/mol. The molecule has 2 atom stereocenters. The predicted molar refractivity (Wildman–Crippen MR) is 117 cm³/mol. The Labute approximate surface area is 192 Å². The average molecular weight is 459 g/mol. The number of ether oxygens (including phenoxy) is 2. The number of hydrogen-bond donors (Lipinski definition) is 1. The molecule has 0 heterocycles. The van der Waals surface area contributed by atoms with Crippen LogP contribution in [0.2, 0.25) is 0 Å². The number of nitrogens with zero attached hydrogens (tertiary/aromatic N) is 1. The molecule has 1 aromatic carbocycles. The normalized spacial score (nSPS) is 29.1. The summed E-state index contributed by atoms with van der Waals surface area (Å²) in [5.74, 6) is -0.508. The first-order chi connectivity index (χ1) is 15.7. The molecule has 0 spiro atoms. The van der Waals surface area contributed by atoms with E-state index in [0.29, 0.717) is 23.3 Å². The Bertz CT molecular complexity index is 907. The molecule has 0 saturated heterocycles. The zero-order valence-electron chi connectivity index (χ0n) is 19.0. The first kappa shape index (κ1) is 23.2. The molecule has 0 radical (unpaired) electrons. The van der Waals surface area contributed by atoms with Gasteiger partial charge in [0.05, 0.1) is 25.6 Å². The Morgan fingerprint density at radius 3 is 2.03 bits per heavy atom. The van der Waals surface area contributed by atoms with Crippen molar-refractivity contribution in [1.82, 2.24) is 5.32 Å². The molecule has 4 aliphatic rings. The Hall–Kier alpha value is -2.97. The number of nitrogens with one attached hydrogen (secondary N) is 1. The van der Waals surface area contributed by atoms with Crippen molar-refractivity contribution in [1.29, 1.82) is 0 Å². The largest absolute Gasteiger partial charge is 0.469 e. The second-order valence-electron chi connectivity index (χ2n) is 9.91. The first-order valence-corrected chi connectivity index (χ1v) is 11.4. The molecule has 9 nitrogen and oxygen atoms in total. The van der Waals surface area contributed by atoms with E-state index in [1.165, 1.54) is 57.7 Å². The second-order valence-corrected chi connectivity index (χ2v) is 9.91. The van der Waals surface area contributed by atoms with Gasteiger partial charge in [0.15, 0.2) is 0 Å². The molecule has 9 heteroatoms. The lowest BCUT2D eigenvalue weighted by molar-refractivity contribution is -0.384. The fourth-order valence-corrected chi connectivity index (χ4v) is 6.67. The molecule has 178 valence electrons. The van der Waals surface area contributed by atoms with Gasteiger partial charge in [-0.15, -0.1) is 0 Å². The van der Waals surface area contributed by atoms with Gasteiger partial charge in [0.1, 0.15) is 6.04 Å². The summed E-state index contributed by atoms with van der Waals surface area (Å²) < 4.78 is 9.82. The van der Waals surface area contributed by atoms with Crippen LogP contribution >= 0.6 is 0 Å². The Morgan fingerprint density at radius 1 is 1.03 bits per heavy atom. The van der Waals surface area contributed by atoms with Crippen LogP contribution in [0.3, 0.4) is 0 Å². The summed E-state index contributed by atoms with van der Waals surface area (Å²) in [6.07, 6.45) is 5.85. The molecule has 5 rings (SSSR count). The molecule has 4 fully saturated rings. The van der Waals surface area contributed by atoms with Gasteiger partial charge in [0, 0.05) is 23.5 Å². The van der Waals surface area contributed by atoms with Crippen LogP contribution in [0.5, 0.6) is 0 Å². The van der Waals surface area contributed by atoms with Crippen molar-refractivity contribution in [3.63, 3.8) is 0 Å². The molecule has 0 unspecified atom stereocenters. The van der Waals surface area contributed by atoms with Crippen molar-refractivity contribution in [3.8, 4) is 0 Å². The maximum absolute atomic E-state index is 13.6. The Morgan fingerprint density at radius 2 is 1.58 bits per heavy atom. The summed E-state index contributed by atoms with van der Waals surface area (Å²) >= 11 is 0. The third kappa shape index (κ3) is 4.58. The maximum Gasteiger partial charge on any atom is 0.329 e. The summed E-state index contributed by atoms with van der Waals surface area (Å²) in [4.78, 5) is 49.2. The number of carbonyl (C=O) groups is 3. The number of esters is 2. The highest BCUT2D eigenvalue weighted by Crippen LogP contribution is 2.60. The molecule has 4 bridgehead atoms. The van der Waals surface area contributed by atoms with Crippen LogP contribution in [0.4, 0.5) is 5.69 Å². The average Bonchev–Trinajstić information content (AvgIpc) is 2.79. The van der Waals surface area contributed by atoms with Gasteiger partial charge in [-0.2, -0.15) is 0 Å². The van der Waals surface area contributed by atoms with Crippen molar-refractivity contribution in [2.24, 2.45) is 23.2 Å². The second kappa shape index (κ2) is 9.11. The van der Waals surface area contributed by atoms with Crippen LogP contribution in [0.15, 0.2) is 24.3 Å². The number of nitro benzene ring substituents is 1. The van der Waals surface area contributed by atoms with Crippen LogP contribution in [0.1, 0.15) is 56.4 Å². The van der Waals surface area contributed by atoms with Gasteiger partial charge in [-0.3, -0.25) is 19.7 Å². The fourth-order valence-electron chi connectivity index (χ4n) is 6.67. The van der Waals surface area contributed by atoms with Crippen LogP contribution < -0.4 is 5.32 Å². The number of nitro groups is 1. The highest BCUT2D eigenvalue weighted by Gasteiger charge is 2.55. The minimum absolute atomic E-state index is 0.109. The lowest BCUT2D eigenvalue weighted by Crippen LogP contribution is -2.57. The van der Waals surface area contributed by atoms with E-state index < -0.39 is 34.2 Å². The Balaban J connectivity index is 1.62. The SMILES string of the molecule is COC(=O)C[C@@H](c1ccc([N+](=O)[O-])cc1)[C@H](NC(=O)C12CC3CC(CC(C3)C1)C2)C(=O)OC. The number of non-ortho nitro benzene ring substituents is 1. The standard InChI is InChI=1S/C24H30N2O7/c1-32-20(27)10-19(17-3-5-18(6-4-17)26(30)31)21(22(28)33-2)25-23(29)24-11-14-7-15(12-24)9-16(8-14)13-24/h3-6,14-16,19,21H,7-13H2,1-2H3,(H,25,29)/t14?,15?,16?,19-,21-,24?/m0/s1. The van der Waals surface area contributed by atoms with Crippen LogP contribution in [-0.4, -0.2) is 43.0 Å². The highest BCUT2D eigenvalue weighted by molar-refractivity contribution is 5.89. The van der Waals surface area contributed by atoms with E-state index >= 15 is 0 Å². The molecule has 1 amide bonds. The number of benzene rings is 1. The minimum Gasteiger partial charge on any atom is -0.469 e. The summed E-state index contributed by atoms with van der Waals surface area (Å²) in [5.41, 5.74) is -0.0817. The van der Waals surface area contributed by atoms with E-state index in [-0.39, 0.29) is 18.0 Å². The van der Waals surface area contributed by atoms with Gasteiger partial charge in [-0.05, 0) is 61.8 Å². The summed E-state index contributed by atoms with van der Waals surface area (Å²) in [5, 5.41) is 14.0. The monoisotopic (exact) mass is 458 g/mol. The Kier molecular flexibility index (Phi) is 6.41. The zero-order chi connectivity index (χ0) is 23.8. The van der Waals surface area contributed by atoms with E-state index in [0.717, 1.165) is 19.3 Å². The highest BCUT2D eigenvalue weighted by atomic mass is 16.6. The molecule has 0 aliphatic heterocycles. The van der Waals surface area contributed by atoms with Crippen molar-refractivity contribution >= 4 is 23.5 Å². The molecular formula is C24H30N2O7. The number of hydrogen-bond acceptors (Lipinski definition) is 7. The van der Waals surface area contributed by atoms with Crippen molar-refractivity contribution in [2.45, 2.75) is 56.9 Å². The fraction of sp³-hybridized carbons (Fsp3) is 0.625. The smallest absolute Gasteiger partial charge is 0.329 e. The van der Waals surface area contributed by atoms with Gasteiger partial charge < -0.3 is 14.8 Å². The lowest BCUT2D eigenvalue weighted by Gasteiger charge is -2.55. The number of methoxy groups -OCH3 is 2. The summed E-state index contributed by atoms with van der Waals surface area (Å²) in [7, 11) is 2.48.